The molecule has 1 atom stereocenters. The smallest absolute Gasteiger partial charge is 0.253 e. The molecule has 1 rings (SSSR count). The summed E-state index contributed by atoms with van der Waals surface area (Å²) in [4.78, 5) is 25.0. The Kier molecular flexibility index (Phi) is 5.51. The van der Waals surface area contributed by atoms with Gasteiger partial charge in [0.15, 0.2) is 0 Å². The van der Waals surface area contributed by atoms with Crippen molar-refractivity contribution in [3.8, 4) is 0 Å². The second kappa shape index (κ2) is 6.89. The van der Waals surface area contributed by atoms with Crippen molar-refractivity contribution in [1.82, 2.24) is 4.90 Å². The van der Waals surface area contributed by atoms with Crippen molar-refractivity contribution in [3.05, 3.63) is 29.8 Å². The topological polar surface area (TPSA) is 75.4 Å². The molecule has 0 bridgehead atoms. The molecule has 0 saturated carbocycles. The maximum atomic E-state index is 11.8. The molecule has 5 heteroatoms. The largest absolute Gasteiger partial charge is 0.345 e. The average molecular weight is 263 g/mol. The highest BCUT2D eigenvalue weighted by Crippen LogP contribution is 2.12. The molecular weight excluding hydrogens is 242 g/mol. The monoisotopic (exact) mass is 263 g/mol. The van der Waals surface area contributed by atoms with Crippen LogP contribution >= 0.6 is 0 Å². The Balaban J connectivity index is 2.67. The van der Waals surface area contributed by atoms with Crippen LogP contribution in [0.3, 0.4) is 0 Å². The molecule has 0 saturated heterocycles. The van der Waals surface area contributed by atoms with Crippen molar-refractivity contribution in [2.24, 2.45) is 5.73 Å². The molecule has 1 aromatic rings. The zero-order valence-electron chi connectivity index (χ0n) is 11.6. The second-order valence-corrected chi connectivity index (χ2v) is 4.84. The summed E-state index contributed by atoms with van der Waals surface area (Å²) in [6.45, 7) is 1.86. The van der Waals surface area contributed by atoms with Gasteiger partial charge in [0, 0.05) is 37.8 Å². The van der Waals surface area contributed by atoms with E-state index < -0.39 is 0 Å². The molecule has 0 aromatic heterocycles. The third kappa shape index (κ3) is 5.09. The van der Waals surface area contributed by atoms with E-state index in [1.165, 1.54) is 4.90 Å². The number of hydrogen-bond donors (Lipinski definition) is 2. The summed E-state index contributed by atoms with van der Waals surface area (Å²) in [7, 11) is 3.38. The summed E-state index contributed by atoms with van der Waals surface area (Å²) in [5.41, 5.74) is 6.78. The molecule has 0 radical (unpaired) electrons. The fourth-order valence-corrected chi connectivity index (χ4v) is 1.57. The lowest BCUT2D eigenvalue weighted by atomic mass is 10.1. The first-order valence-corrected chi connectivity index (χ1v) is 6.27. The van der Waals surface area contributed by atoms with Gasteiger partial charge in [-0.05, 0) is 31.5 Å². The number of nitrogens with two attached hydrogens (primary N) is 1. The van der Waals surface area contributed by atoms with Gasteiger partial charge in [0.25, 0.3) is 5.91 Å². The molecule has 3 N–H and O–H groups in total. The molecule has 1 unspecified atom stereocenters. The quantitative estimate of drug-likeness (QED) is 0.844. The van der Waals surface area contributed by atoms with Crippen LogP contribution in [0.5, 0.6) is 0 Å². The standard InChI is InChI=1S/C14H21N3O2/c1-10(15)7-8-13(18)16-12-6-4-5-11(9-12)14(19)17(2)3/h4-6,9-10H,7-8,15H2,1-3H3,(H,16,18). The number of nitrogens with one attached hydrogen (secondary N) is 1. The lowest BCUT2D eigenvalue weighted by molar-refractivity contribution is -0.116. The van der Waals surface area contributed by atoms with Crippen molar-refractivity contribution in [3.63, 3.8) is 0 Å². The number of anilines is 1. The van der Waals surface area contributed by atoms with E-state index in [0.29, 0.717) is 24.1 Å². The lowest BCUT2D eigenvalue weighted by Gasteiger charge is -2.12. The number of carbonyl (C=O) groups excluding carboxylic acids is 2. The lowest BCUT2D eigenvalue weighted by Crippen LogP contribution is -2.22. The molecule has 2 amide bonds. The van der Waals surface area contributed by atoms with E-state index >= 15 is 0 Å². The molecule has 0 aliphatic heterocycles. The van der Waals surface area contributed by atoms with Crippen molar-refractivity contribution in [2.45, 2.75) is 25.8 Å². The summed E-state index contributed by atoms with van der Waals surface area (Å²) in [5.74, 6) is -0.182. The van der Waals surface area contributed by atoms with E-state index in [0.717, 1.165) is 0 Å². The van der Waals surface area contributed by atoms with E-state index in [9.17, 15) is 9.59 Å². The summed E-state index contributed by atoms with van der Waals surface area (Å²) < 4.78 is 0. The molecule has 0 heterocycles. The maximum Gasteiger partial charge on any atom is 0.253 e. The zero-order chi connectivity index (χ0) is 14.4. The van der Waals surface area contributed by atoms with Gasteiger partial charge in [-0.15, -0.1) is 0 Å². The van der Waals surface area contributed by atoms with Crippen LogP contribution in [-0.4, -0.2) is 36.9 Å². The van der Waals surface area contributed by atoms with Crippen LogP contribution in [0, 0.1) is 0 Å². The normalized spacial score (nSPS) is 11.8. The Morgan fingerprint density at radius 2 is 2.05 bits per heavy atom. The summed E-state index contributed by atoms with van der Waals surface area (Å²) in [5, 5.41) is 2.77. The minimum atomic E-state index is -0.0910. The van der Waals surface area contributed by atoms with Crippen LogP contribution in [-0.2, 0) is 4.79 Å². The second-order valence-electron chi connectivity index (χ2n) is 4.84. The van der Waals surface area contributed by atoms with Gasteiger partial charge in [0.05, 0.1) is 0 Å². The summed E-state index contributed by atoms with van der Waals surface area (Å²) in [6, 6.07) is 6.91. The third-order valence-electron chi connectivity index (χ3n) is 2.63. The Bertz CT molecular complexity index is 456. The van der Waals surface area contributed by atoms with Crippen molar-refractivity contribution < 1.29 is 9.59 Å². The van der Waals surface area contributed by atoms with Crippen LogP contribution in [0.1, 0.15) is 30.1 Å². The molecule has 0 aliphatic carbocycles. The fourth-order valence-electron chi connectivity index (χ4n) is 1.57. The Morgan fingerprint density at radius 1 is 1.37 bits per heavy atom. The first-order chi connectivity index (χ1) is 8.90. The van der Waals surface area contributed by atoms with Crippen molar-refractivity contribution in [1.29, 1.82) is 0 Å². The van der Waals surface area contributed by atoms with E-state index in [1.54, 1.807) is 38.4 Å². The number of rotatable bonds is 5. The highest BCUT2D eigenvalue weighted by Gasteiger charge is 2.09. The molecule has 0 fully saturated rings. The van der Waals surface area contributed by atoms with Gasteiger partial charge in [-0.3, -0.25) is 9.59 Å². The van der Waals surface area contributed by atoms with E-state index in [2.05, 4.69) is 5.32 Å². The first kappa shape index (κ1) is 15.2. The Labute approximate surface area is 113 Å². The van der Waals surface area contributed by atoms with Gasteiger partial charge in [0.2, 0.25) is 5.91 Å². The average Bonchev–Trinajstić information content (AvgIpc) is 2.35. The third-order valence-corrected chi connectivity index (χ3v) is 2.63. The minimum Gasteiger partial charge on any atom is -0.345 e. The van der Waals surface area contributed by atoms with E-state index in [4.69, 9.17) is 5.73 Å². The maximum absolute atomic E-state index is 11.8. The van der Waals surface area contributed by atoms with Crippen LogP contribution in [0.2, 0.25) is 0 Å². The van der Waals surface area contributed by atoms with Crippen LogP contribution in [0.15, 0.2) is 24.3 Å². The van der Waals surface area contributed by atoms with Crippen LogP contribution in [0.4, 0.5) is 5.69 Å². The van der Waals surface area contributed by atoms with Gasteiger partial charge >= 0.3 is 0 Å². The molecule has 5 nitrogen and oxygen atoms in total. The Morgan fingerprint density at radius 3 is 2.63 bits per heavy atom. The number of hydrogen-bond acceptors (Lipinski definition) is 3. The number of amides is 2. The molecular formula is C14H21N3O2. The zero-order valence-corrected chi connectivity index (χ0v) is 11.6. The summed E-state index contributed by atoms with van der Waals surface area (Å²) >= 11 is 0. The molecule has 19 heavy (non-hydrogen) atoms. The van der Waals surface area contributed by atoms with Gasteiger partial charge in [-0.1, -0.05) is 6.07 Å². The highest BCUT2D eigenvalue weighted by atomic mass is 16.2. The van der Waals surface area contributed by atoms with Gasteiger partial charge in [-0.2, -0.15) is 0 Å². The van der Waals surface area contributed by atoms with Gasteiger partial charge in [-0.25, -0.2) is 0 Å². The molecule has 0 aliphatic rings. The first-order valence-electron chi connectivity index (χ1n) is 6.27. The van der Waals surface area contributed by atoms with E-state index in [1.807, 2.05) is 6.92 Å². The van der Waals surface area contributed by atoms with Gasteiger partial charge < -0.3 is 16.0 Å². The highest BCUT2D eigenvalue weighted by molar-refractivity contribution is 5.96. The van der Waals surface area contributed by atoms with Crippen molar-refractivity contribution in [2.75, 3.05) is 19.4 Å². The van der Waals surface area contributed by atoms with Gasteiger partial charge in [0.1, 0.15) is 0 Å². The van der Waals surface area contributed by atoms with Crippen LogP contribution in [0.25, 0.3) is 0 Å². The molecule has 0 spiro atoms. The minimum absolute atomic E-state index is 0.00685. The predicted octanol–water partition coefficient (Wildman–Crippen LogP) is 1.45. The van der Waals surface area contributed by atoms with E-state index in [-0.39, 0.29) is 17.9 Å². The summed E-state index contributed by atoms with van der Waals surface area (Å²) in [6.07, 6.45) is 1.02. The number of nitrogens with zero attached hydrogens (tertiary/aromatic N) is 1. The molecule has 1 aromatic carbocycles. The van der Waals surface area contributed by atoms with Crippen molar-refractivity contribution >= 4 is 17.5 Å². The Hall–Kier alpha value is -1.88. The predicted molar refractivity (Wildman–Crippen MR) is 76.0 cm³/mol. The fraction of sp³-hybridized carbons (Fsp3) is 0.429. The SMILES string of the molecule is CC(N)CCC(=O)Nc1cccc(C(=O)N(C)C)c1. The van der Waals surface area contributed by atoms with Crippen LogP contribution < -0.4 is 11.1 Å². The molecule has 104 valence electrons. The number of carbonyl (C=O) groups is 2. The number of benzene rings is 1.